The second-order valence-corrected chi connectivity index (χ2v) is 6.31. The van der Waals surface area contributed by atoms with Crippen LogP contribution in [0.3, 0.4) is 0 Å². The number of aliphatic hydroxyl groups excluding tert-OH is 1. The summed E-state index contributed by atoms with van der Waals surface area (Å²) in [5.74, 6) is -2.52. The number of carbonyl (C=O) groups is 2. The fourth-order valence-electron chi connectivity index (χ4n) is 2.48. The molecule has 0 unspecified atom stereocenters. The number of halogens is 2. The van der Waals surface area contributed by atoms with Crippen LogP contribution in [0.1, 0.15) is 43.0 Å². The molecule has 1 fully saturated rings. The number of aromatic amines is 1. The first-order valence-corrected chi connectivity index (χ1v) is 8.14. The molecule has 1 aliphatic carbocycles. The molecular formula is C17H18F2N4O3. The lowest BCUT2D eigenvalue weighted by Gasteiger charge is -2.16. The van der Waals surface area contributed by atoms with Gasteiger partial charge in [0.2, 0.25) is 5.91 Å². The normalized spacial score (nSPS) is 16.0. The van der Waals surface area contributed by atoms with Crippen LogP contribution in [0.15, 0.2) is 24.3 Å². The summed E-state index contributed by atoms with van der Waals surface area (Å²) in [5.41, 5.74) is 0.703. The van der Waals surface area contributed by atoms with Crippen molar-refractivity contribution in [1.29, 1.82) is 0 Å². The predicted molar refractivity (Wildman–Crippen MR) is 88.1 cm³/mol. The van der Waals surface area contributed by atoms with Gasteiger partial charge in [-0.2, -0.15) is 5.10 Å². The molecule has 2 atom stereocenters. The van der Waals surface area contributed by atoms with Gasteiger partial charge < -0.3 is 15.7 Å². The van der Waals surface area contributed by atoms with Gasteiger partial charge in [-0.25, -0.2) is 8.78 Å². The quantitative estimate of drug-likeness (QED) is 0.626. The van der Waals surface area contributed by atoms with E-state index in [0.717, 1.165) is 30.7 Å². The Hall–Kier alpha value is -2.81. The summed E-state index contributed by atoms with van der Waals surface area (Å²) in [4.78, 5) is 24.2. The van der Waals surface area contributed by atoms with Crippen LogP contribution in [0.2, 0.25) is 0 Å². The lowest BCUT2D eigenvalue weighted by Crippen LogP contribution is -2.43. The molecule has 0 spiro atoms. The van der Waals surface area contributed by atoms with Crippen molar-refractivity contribution >= 4 is 17.6 Å². The van der Waals surface area contributed by atoms with E-state index in [2.05, 4.69) is 20.8 Å². The van der Waals surface area contributed by atoms with Crippen molar-refractivity contribution in [2.45, 2.75) is 37.8 Å². The number of carbonyl (C=O) groups excluding carboxylic acids is 2. The van der Waals surface area contributed by atoms with Gasteiger partial charge >= 0.3 is 0 Å². The Morgan fingerprint density at radius 2 is 1.85 bits per heavy atom. The molecule has 1 aliphatic rings. The van der Waals surface area contributed by atoms with Gasteiger partial charge in [-0.3, -0.25) is 14.7 Å². The summed E-state index contributed by atoms with van der Waals surface area (Å²) < 4.78 is 26.4. The van der Waals surface area contributed by atoms with Crippen molar-refractivity contribution in [1.82, 2.24) is 15.5 Å². The number of benzene rings is 1. The van der Waals surface area contributed by atoms with Crippen LogP contribution in [0.5, 0.6) is 0 Å². The second kappa shape index (κ2) is 7.20. The summed E-state index contributed by atoms with van der Waals surface area (Å²) in [6, 6.07) is 3.07. The zero-order chi connectivity index (χ0) is 18.8. The number of H-pyrrole nitrogens is 1. The molecule has 0 bridgehead atoms. The highest BCUT2D eigenvalue weighted by atomic mass is 19.1. The Kier molecular flexibility index (Phi) is 4.99. The van der Waals surface area contributed by atoms with E-state index in [1.165, 1.54) is 6.92 Å². The van der Waals surface area contributed by atoms with Gasteiger partial charge in [0.05, 0.1) is 0 Å². The number of anilines is 1. The third kappa shape index (κ3) is 4.23. The zero-order valence-electron chi connectivity index (χ0n) is 13.9. The maximum absolute atomic E-state index is 13.2. The van der Waals surface area contributed by atoms with Crippen LogP contribution < -0.4 is 10.6 Å². The summed E-state index contributed by atoms with van der Waals surface area (Å²) >= 11 is 0. The van der Waals surface area contributed by atoms with Crippen molar-refractivity contribution in [2.24, 2.45) is 0 Å². The number of rotatable bonds is 6. The number of hydrogen-bond acceptors (Lipinski definition) is 4. The molecule has 4 N–H and O–H groups in total. The SMILES string of the molecule is C[C@H](NC(=O)[C@@H](O)c1cc(F)cc(F)c1)C(=O)Nc1cc(C2CC2)[nH]n1. The van der Waals surface area contributed by atoms with E-state index in [-0.39, 0.29) is 5.56 Å². The van der Waals surface area contributed by atoms with Crippen molar-refractivity contribution in [3.8, 4) is 0 Å². The van der Waals surface area contributed by atoms with Crippen LogP contribution in [0, 0.1) is 11.6 Å². The molecule has 1 aromatic heterocycles. The maximum atomic E-state index is 13.2. The number of aromatic nitrogens is 2. The highest BCUT2D eigenvalue weighted by Gasteiger charge is 2.27. The monoisotopic (exact) mass is 364 g/mol. The zero-order valence-corrected chi connectivity index (χ0v) is 13.9. The Morgan fingerprint density at radius 1 is 1.19 bits per heavy atom. The smallest absolute Gasteiger partial charge is 0.254 e. The van der Waals surface area contributed by atoms with E-state index in [1.54, 1.807) is 6.07 Å². The van der Waals surface area contributed by atoms with Crippen LogP contribution in [0.25, 0.3) is 0 Å². The van der Waals surface area contributed by atoms with Gasteiger partial charge in [-0.1, -0.05) is 0 Å². The lowest BCUT2D eigenvalue weighted by atomic mass is 10.1. The average molecular weight is 364 g/mol. The average Bonchev–Trinajstić information content (AvgIpc) is 3.33. The van der Waals surface area contributed by atoms with E-state index in [1.807, 2.05) is 0 Å². The first kappa shape index (κ1) is 18.0. The van der Waals surface area contributed by atoms with Crippen molar-refractivity contribution < 1.29 is 23.5 Å². The minimum Gasteiger partial charge on any atom is -0.378 e. The molecule has 0 aliphatic heterocycles. The van der Waals surface area contributed by atoms with Crippen LogP contribution in [0.4, 0.5) is 14.6 Å². The summed E-state index contributed by atoms with van der Waals surface area (Å²) in [5, 5.41) is 21.6. The summed E-state index contributed by atoms with van der Waals surface area (Å²) in [6.45, 7) is 1.42. The molecule has 2 aromatic rings. The molecule has 0 saturated heterocycles. The third-order valence-electron chi connectivity index (χ3n) is 4.07. The Morgan fingerprint density at radius 3 is 2.46 bits per heavy atom. The van der Waals surface area contributed by atoms with Gasteiger partial charge in [-0.15, -0.1) is 0 Å². The van der Waals surface area contributed by atoms with Crippen LogP contribution in [-0.2, 0) is 9.59 Å². The molecule has 0 radical (unpaired) electrons. The van der Waals surface area contributed by atoms with Crippen LogP contribution in [-0.4, -0.2) is 33.2 Å². The number of nitrogens with zero attached hydrogens (tertiary/aromatic N) is 1. The molecule has 26 heavy (non-hydrogen) atoms. The van der Waals surface area contributed by atoms with Gasteiger partial charge in [0.15, 0.2) is 11.9 Å². The number of aliphatic hydroxyl groups is 1. The molecule has 3 rings (SSSR count). The van der Waals surface area contributed by atoms with Crippen molar-refractivity contribution in [2.75, 3.05) is 5.32 Å². The Balaban J connectivity index is 1.57. The number of amides is 2. The van der Waals surface area contributed by atoms with Gasteiger partial charge in [0, 0.05) is 23.7 Å². The van der Waals surface area contributed by atoms with E-state index in [4.69, 9.17) is 0 Å². The highest BCUT2D eigenvalue weighted by Crippen LogP contribution is 2.39. The summed E-state index contributed by atoms with van der Waals surface area (Å²) in [7, 11) is 0. The minimum absolute atomic E-state index is 0.242. The largest absolute Gasteiger partial charge is 0.378 e. The molecule has 9 heteroatoms. The number of hydrogen-bond donors (Lipinski definition) is 4. The van der Waals surface area contributed by atoms with E-state index in [9.17, 15) is 23.5 Å². The predicted octanol–water partition coefficient (Wildman–Crippen LogP) is 1.74. The standard InChI is InChI=1S/C17H18F2N4O3/c1-8(16(25)21-14-7-13(22-23-14)9-2-3-9)20-17(26)15(24)10-4-11(18)6-12(19)5-10/h4-9,15,24H,2-3H2,1H3,(H,20,26)(H2,21,22,23,25)/t8-,15-/m0/s1. The first-order chi connectivity index (χ1) is 12.3. The van der Waals surface area contributed by atoms with Crippen molar-refractivity contribution in [3.05, 3.63) is 47.2 Å². The van der Waals surface area contributed by atoms with E-state index < -0.39 is 35.6 Å². The van der Waals surface area contributed by atoms with E-state index in [0.29, 0.717) is 17.8 Å². The topological polar surface area (TPSA) is 107 Å². The fourth-order valence-corrected chi connectivity index (χ4v) is 2.48. The second-order valence-electron chi connectivity index (χ2n) is 6.31. The Labute approximate surface area is 147 Å². The maximum Gasteiger partial charge on any atom is 0.254 e. The summed E-state index contributed by atoms with van der Waals surface area (Å²) in [6.07, 6.45) is 0.364. The van der Waals surface area contributed by atoms with E-state index >= 15 is 0 Å². The molecule has 1 saturated carbocycles. The molecule has 1 aromatic carbocycles. The molecule has 2 amide bonds. The van der Waals surface area contributed by atoms with Gasteiger partial charge in [0.1, 0.15) is 17.7 Å². The molecule has 138 valence electrons. The fraction of sp³-hybridized carbons (Fsp3) is 0.353. The van der Waals surface area contributed by atoms with Crippen LogP contribution >= 0.6 is 0 Å². The lowest BCUT2D eigenvalue weighted by molar-refractivity contribution is -0.132. The Bertz CT molecular complexity index is 815. The van der Waals surface area contributed by atoms with Crippen molar-refractivity contribution in [3.63, 3.8) is 0 Å². The molecule has 1 heterocycles. The third-order valence-corrected chi connectivity index (χ3v) is 4.07. The minimum atomic E-state index is -1.80. The van der Waals surface area contributed by atoms with Gasteiger partial charge in [-0.05, 0) is 37.5 Å². The van der Waals surface area contributed by atoms with Gasteiger partial charge in [0.25, 0.3) is 5.91 Å². The molecular weight excluding hydrogens is 346 g/mol. The first-order valence-electron chi connectivity index (χ1n) is 8.14. The number of nitrogens with one attached hydrogen (secondary N) is 3. The highest BCUT2D eigenvalue weighted by molar-refractivity contribution is 5.97. The molecule has 7 nitrogen and oxygen atoms in total.